The predicted octanol–water partition coefficient (Wildman–Crippen LogP) is 4.69. The molecule has 1 N–H and O–H groups in total. The monoisotopic (exact) mass is 391 g/mol. The fourth-order valence-corrected chi connectivity index (χ4v) is 3.50. The lowest BCUT2D eigenvalue weighted by molar-refractivity contribution is 0.570. The number of benzene rings is 2. The number of sulfonamides is 1. The standard InChI is InChI=1S/C14H12BrClFNO2S/c1-9(16)11-4-2-3-5-13(11)18-21(19,20)14-7-6-10(15)8-12(14)17/h2-9,18H,1H3. The summed E-state index contributed by atoms with van der Waals surface area (Å²) in [5.41, 5.74) is 0.961. The van der Waals surface area contributed by atoms with E-state index in [1.807, 2.05) is 0 Å². The van der Waals surface area contributed by atoms with Gasteiger partial charge in [0.1, 0.15) is 10.7 Å². The molecule has 0 aliphatic rings. The first-order chi connectivity index (χ1) is 9.81. The number of para-hydroxylation sites is 1. The molecule has 0 spiro atoms. The van der Waals surface area contributed by atoms with Gasteiger partial charge in [0.2, 0.25) is 0 Å². The molecule has 0 aliphatic carbocycles. The number of hydrogen-bond donors (Lipinski definition) is 1. The highest BCUT2D eigenvalue weighted by Crippen LogP contribution is 2.29. The predicted molar refractivity (Wildman–Crippen MR) is 85.6 cm³/mol. The fraction of sp³-hybridized carbons (Fsp3) is 0.143. The van der Waals surface area contributed by atoms with Crippen LogP contribution in [0.25, 0.3) is 0 Å². The summed E-state index contributed by atoms with van der Waals surface area (Å²) in [7, 11) is -4.02. The van der Waals surface area contributed by atoms with E-state index in [1.54, 1.807) is 31.2 Å². The quantitative estimate of drug-likeness (QED) is 0.767. The third kappa shape index (κ3) is 3.75. The topological polar surface area (TPSA) is 46.2 Å². The van der Waals surface area contributed by atoms with Crippen molar-refractivity contribution in [2.45, 2.75) is 17.2 Å². The molecule has 0 saturated heterocycles. The fourth-order valence-electron chi connectivity index (χ4n) is 1.83. The zero-order valence-electron chi connectivity index (χ0n) is 11.0. The first-order valence-electron chi connectivity index (χ1n) is 6.02. The van der Waals surface area contributed by atoms with Crippen LogP contribution in [0.1, 0.15) is 17.9 Å². The Labute approximate surface area is 136 Å². The highest BCUT2D eigenvalue weighted by Gasteiger charge is 2.21. The summed E-state index contributed by atoms with van der Waals surface area (Å²) in [6.45, 7) is 1.73. The van der Waals surface area contributed by atoms with Crippen molar-refractivity contribution in [3.63, 3.8) is 0 Å². The highest BCUT2D eigenvalue weighted by molar-refractivity contribution is 9.10. The first-order valence-corrected chi connectivity index (χ1v) is 8.73. The molecule has 0 radical (unpaired) electrons. The van der Waals surface area contributed by atoms with Gasteiger partial charge < -0.3 is 0 Å². The number of alkyl halides is 1. The van der Waals surface area contributed by atoms with Gasteiger partial charge in [-0.1, -0.05) is 34.1 Å². The van der Waals surface area contributed by atoms with Crippen molar-refractivity contribution in [3.05, 3.63) is 58.3 Å². The lowest BCUT2D eigenvalue weighted by Crippen LogP contribution is -2.15. The van der Waals surface area contributed by atoms with E-state index >= 15 is 0 Å². The van der Waals surface area contributed by atoms with Crippen LogP contribution in [0.2, 0.25) is 0 Å². The highest BCUT2D eigenvalue weighted by atomic mass is 79.9. The van der Waals surface area contributed by atoms with Gasteiger partial charge in [-0.3, -0.25) is 4.72 Å². The van der Waals surface area contributed by atoms with Crippen molar-refractivity contribution in [1.82, 2.24) is 0 Å². The van der Waals surface area contributed by atoms with Gasteiger partial charge in [0.25, 0.3) is 10.0 Å². The molecule has 21 heavy (non-hydrogen) atoms. The number of halogens is 3. The molecule has 7 heteroatoms. The molecule has 0 heterocycles. The third-order valence-corrected chi connectivity index (χ3v) is 4.94. The zero-order chi connectivity index (χ0) is 15.6. The molecule has 0 amide bonds. The van der Waals surface area contributed by atoms with Gasteiger partial charge >= 0.3 is 0 Å². The molecule has 0 aliphatic heterocycles. The summed E-state index contributed by atoms with van der Waals surface area (Å²) < 4.78 is 41.3. The van der Waals surface area contributed by atoms with Crippen LogP contribution in [0.5, 0.6) is 0 Å². The number of nitrogens with one attached hydrogen (secondary N) is 1. The van der Waals surface area contributed by atoms with Gasteiger partial charge in [-0.15, -0.1) is 11.6 Å². The van der Waals surface area contributed by atoms with Gasteiger partial charge in [-0.2, -0.15) is 0 Å². The van der Waals surface area contributed by atoms with Crippen molar-refractivity contribution in [3.8, 4) is 0 Å². The van der Waals surface area contributed by atoms with Crippen molar-refractivity contribution in [1.29, 1.82) is 0 Å². The third-order valence-electron chi connectivity index (χ3n) is 2.82. The van der Waals surface area contributed by atoms with Crippen molar-refractivity contribution >= 4 is 43.2 Å². The van der Waals surface area contributed by atoms with E-state index in [2.05, 4.69) is 20.7 Å². The maximum Gasteiger partial charge on any atom is 0.264 e. The molecule has 2 aromatic rings. The van der Waals surface area contributed by atoms with Crippen LogP contribution in [0.4, 0.5) is 10.1 Å². The molecule has 1 unspecified atom stereocenters. The second-order valence-electron chi connectivity index (χ2n) is 4.38. The number of hydrogen-bond acceptors (Lipinski definition) is 2. The average molecular weight is 393 g/mol. The van der Waals surface area contributed by atoms with Crippen molar-refractivity contribution in [2.75, 3.05) is 4.72 Å². The van der Waals surface area contributed by atoms with E-state index in [9.17, 15) is 12.8 Å². The molecule has 0 fully saturated rings. The second kappa shape index (κ2) is 6.34. The van der Waals surface area contributed by atoms with Crippen LogP contribution in [0.3, 0.4) is 0 Å². The van der Waals surface area contributed by atoms with Crippen LogP contribution < -0.4 is 4.72 Å². The minimum atomic E-state index is -4.02. The molecular formula is C14H12BrClFNO2S. The number of rotatable bonds is 4. The van der Waals surface area contributed by atoms with Gasteiger partial charge in [0, 0.05) is 4.47 Å². The Balaban J connectivity index is 2.43. The molecule has 0 bridgehead atoms. The minimum Gasteiger partial charge on any atom is -0.279 e. The van der Waals surface area contributed by atoms with E-state index in [-0.39, 0.29) is 5.38 Å². The molecule has 1 atom stereocenters. The van der Waals surface area contributed by atoms with Crippen molar-refractivity contribution in [2.24, 2.45) is 0 Å². The van der Waals surface area contributed by atoms with E-state index in [0.29, 0.717) is 15.7 Å². The molecule has 112 valence electrons. The summed E-state index contributed by atoms with van der Waals surface area (Å²) in [4.78, 5) is -0.414. The zero-order valence-corrected chi connectivity index (χ0v) is 14.1. The normalized spacial score (nSPS) is 13.0. The molecular weight excluding hydrogens is 381 g/mol. The molecule has 0 aromatic heterocycles. The van der Waals surface area contributed by atoms with Gasteiger partial charge in [-0.05, 0) is 36.8 Å². The van der Waals surface area contributed by atoms with Crippen LogP contribution in [0.15, 0.2) is 51.8 Å². The van der Waals surface area contributed by atoms with E-state index < -0.39 is 20.7 Å². The van der Waals surface area contributed by atoms with E-state index in [4.69, 9.17) is 11.6 Å². The Morgan fingerprint density at radius 2 is 1.90 bits per heavy atom. The largest absolute Gasteiger partial charge is 0.279 e. The van der Waals surface area contributed by atoms with Crippen molar-refractivity contribution < 1.29 is 12.8 Å². The van der Waals surface area contributed by atoms with Crippen LogP contribution in [-0.4, -0.2) is 8.42 Å². The molecule has 3 nitrogen and oxygen atoms in total. The summed E-state index contributed by atoms with van der Waals surface area (Å²) in [5.74, 6) is -0.826. The maximum absolute atomic E-state index is 13.8. The summed E-state index contributed by atoms with van der Waals surface area (Å²) in [5, 5.41) is -0.376. The summed E-state index contributed by atoms with van der Waals surface area (Å²) in [6.07, 6.45) is 0. The minimum absolute atomic E-state index is 0.335. The molecule has 2 rings (SSSR count). The Bertz CT molecular complexity index is 765. The van der Waals surface area contributed by atoms with Gasteiger partial charge in [0.15, 0.2) is 0 Å². The summed E-state index contributed by atoms with van der Waals surface area (Å²) >= 11 is 9.11. The van der Waals surface area contributed by atoms with Crippen LogP contribution in [0, 0.1) is 5.82 Å². The SMILES string of the molecule is CC(Cl)c1ccccc1NS(=O)(=O)c1ccc(Br)cc1F. The second-order valence-corrected chi connectivity index (χ2v) is 7.60. The summed E-state index contributed by atoms with van der Waals surface area (Å²) in [6, 6.07) is 10.5. The van der Waals surface area contributed by atoms with E-state index in [0.717, 1.165) is 6.07 Å². The Morgan fingerprint density at radius 1 is 1.24 bits per heavy atom. The van der Waals surface area contributed by atoms with Gasteiger partial charge in [-0.25, -0.2) is 12.8 Å². The lowest BCUT2D eigenvalue weighted by atomic mass is 10.1. The van der Waals surface area contributed by atoms with Gasteiger partial charge in [0.05, 0.1) is 11.1 Å². The van der Waals surface area contributed by atoms with E-state index in [1.165, 1.54) is 12.1 Å². The number of anilines is 1. The molecule has 2 aromatic carbocycles. The average Bonchev–Trinajstić information content (AvgIpc) is 2.37. The molecule has 0 saturated carbocycles. The first kappa shape index (κ1) is 16.3. The van der Waals surface area contributed by atoms with Crippen LogP contribution in [-0.2, 0) is 10.0 Å². The maximum atomic E-state index is 13.8. The Kier molecular flexibility index (Phi) is 4.91. The Morgan fingerprint density at radius 3 is 2.52 bits per heavy atom. The Hall–Kier alpha value is -1.11. The smallest absolute Gasteiger partial charge is 0.264 e. The lowest BCUT2D eigenvalue weighted by Gasteiger charge is -2.14. The van der Waals surface area contributed by atoms with Crippen LogP contribution >= 0.6 is 27.5 Å².